The second-order valence-electron chi connectivity index (χ2n) is 6.46. The van der Waals surface area contributed by atoms with Gasteiger partial charge >= 0.3 is 6.03 Å². The number of carbonyl (C=O) groups is 1. The number of hydrogen-bond acceptors (Lipinski definition) is 2. The van der Waals surface area contributed by atoms with E-state index in [1.165, 1.54) is 24.0 Å². The number of carbonyl (C=O) groups excluding carboxylic acids is 1. The molecule has 0 unspecified atom stereocenters. The van der Waals surface area contributed by atoms with Gasteiger partial charge in [-0.15, -0.1) is 0 Å². The van der Waals surface area contributed by atoms with Crippen molar-refractivity contribution in [3.05, 3.63) is 59.2 Å². The van der Waals surface area contributed by atoms with E-state index in [1.54, 1.807) is 0 Å². The zero-order valence-corrected chi connectivity index (χ0v) is 16.1. The van der Waals surface area contributed by atoms with Crippen molar-refractivity contribution in [2.45, 2.75) is 46.5 Å². The number of amides is 2. The topological polar surface area (TPSA) is 50.4 Å². The molecule has 4 heteroatoms. The molecule has 2 aromatic carbocycles. The van der Waals surface area contributed by atoms with Crippen molar-refractivity contribution in [3.8, 4) is 5.75 Å². The van der Waals surface area contributed by atoms with Crippen LogP contribution in [0.25, 0.3) is 0 Å². The molecule has 2 amide bonds. The first kappa shape index (κ1) is 19.8. The molecule has 0 saturated carbocycles. The highest BCUT2D eigenvalue weighted by atomic mass is 16.5. The molecule has 0 bridgehead atoms. The summed E-state index contributed by atoms with van der Waals surface area (Å²) >= 11 is 0. The number of ether oxygens (including phenoxy) is 1. The third-order valence-electron chi connectivity index (χ3n) is 4.29. The smallest absolute Gasteiger partial charge is 0.319 e. The predicted molar refractivity (Wildman–Crippen MR) is 108 cm³/mol. The van der Waals surface area contributed by atoms with Crippen LogP contribution in [-0.2, 0) is 12.8 Å². The van der Waals surface area contributed by atoms with E-state index in [9.17, 15) is 4.79 Å². The van der Waals surface area contributed by atoms with E-state index in [1.807, 2.05) is 44.2 Å². The minimum atomic E-state index is -0.166. The van der Waals surface area contributed by atoms with Crippen LogP contribution in [0.1, 0.15) is 43.4 Å². The van der Waals surface area contributed by atoms with Gasteiger partial charge in [-0.3, -0.25) is 0 Å². The number of anilines is 1. The fourth-order valence-corrected chi connectivity index (χ4v) is 2.81. The van der Waals surface area contributed by atoms with Crippen LogP contribution in [0.15, 0.2) is 42.5 Å². The van der Waals surface area contributed by atoms with Gasteiger partial charge < -0.3 is 15.4 Å². The molecule has 0 fully saturated rings. The minimum absolute atomic E-state index is 0.166. The fraction of sp³-hybridized carbons (Fsp3) is 0.409. The zero-order chi connectivity index (χ0) is 18.8. The number of hydrogen-bond donors (Lipinski definition) is 2. The first-order valence-electron chi connectivity index (χ1n) is 9.48. The van der Waals surface area contributed by atoms with Crippen molar-refractivity contribution in [3.63, 3.8) is 0 Å². The Hall–Kier alpha value is -2.49. The van der Waals surface area contributed by atoms with E-state index in [-0.39, 0.29) is 6.03 Å². The number of unbranched alkanes of at least 4 members (excludes halogenated alkanes) is 1. The maximum Gasteiger partial charge on any atom is 0.319 e. The van der Waals surface area contributed by atoms with Gasteiger partial charge in [0.05, 0.1) is 6.61 Å². The van der Waals surface area contributed by atoms with Gasteiger partial charge in [-0.25, -0.2) is 4.79 Å². The highest BCUT2D eigenvalue weighted by molar-refractivity contribution is 5.90. The molecule has 2 N–H and O–H groups in total. The van der Waals surface area contributed by atoms with Gasteiger partial charge in [-0.1, -0.05) is 37.6 Å². The van der Waals surface area contributed by atoms with Gasteiger partial charge in [0.15, 0.2) is 0 Å². The second kappa shape index (κ2) is 10.5. The maximum absolute atomic E-state index is 12.1. The van der Waals surface area contributed by atoms with Crippen molar-refractivity contribution < 1.29 is 9.53 Å². The average Bonchev–Trinajstić information content (AvgIpc) is 2.64. The molecule has 0 aliphatic heterocycles. The summed E-state index contributed by atoms with van der Waals surface area (Å²) in [5.74, 6) is 0.875. The SMILES string of the molecule is CCCCc1ccc(NC(=O)NCCc2ccc(OCC)cc2)c(C)c1. The molecule has 2 aromatic rings. The van der Waals surface area contributed by atoms with Crippen LogP contribution < -0.4 is 15.4 Å². The molecule has 140 valence electrons. The van der Waals surface area contributed by atoms with Gasteiger partial charge in [0, 0.05) is 12.2 Å². The van der Waals surface area contributed by atoms with E-state index < -0.39 is 0 Å². The zero-order valence-electron chi connectivity index (χ0n) is 16.1. The van der Waals surface area contributed by atoms with Crippen LogP contribution in [0.4, 0.5) is 10.5 Å². The lowest BCUT2D eigenvalue weighted by Gasteiger charge is -2.11. The molecule has 4 nitrogen and oxygen atoms in total. The molecular formula is C22H30N2O2. The third-order valence-corrected chi connectivity index (χ3v) is 4.29. The Morgan fingerprint density at radius 3 is 2.38 bits per heavy atom. The fourth-order valence-electron chi connectivity index (χ4n) is 2.81. The molecule has 2 rings (SSSR count). The standard InChI is InChI=1S/C22H30N2O2/c1-4-6-7-19-10-13-21(17(3)16-19)24-22(25)23-15-14-18-8-11-20(12-9-18)26-5-2/h8-13,16H,4-7,14-15H2,1-3H3,(H2,23,24,25). The van der Waals surface area contributed by atoms with Gasteiger partial charge in [0.2, 0.25) is 0 Å². The van der Waals surface area contributed by atoms with E-state index in [0.29, 0.717) is 13.2 Å². The summed E-state index contributed by atoms with van der Waals surface area (Å²) < 4.78 is 5.43. The molecule has 26 heavy (non-hydrogen) atoms. The largest absolute Gasteiger partial charge is 0.494 e. The van der Waals surface area contributed by atoms with Crippen LogP contribution >= 0.6 is 0 Å². The monoisotopic (exact) mass is 354 g/mol. The summed E-state index contributed by atoms with van der Waals surface area (Å²) in [5.41, 5.74) is 4.46. The summed E-state index contributed by atoms with van der Waals surface area (Å²) in [4.78, 5) is 12.1. The second-order valence-corrected chi connectivity index (χ2v) is 6.46. The summed E-state index contributed by atoms with van der Waals surface area (Å²) in [7, 11) is 0. The molecular weight excluding hydrogens is 324 g/mol. The van der Waals surface area contributed by atoms with Crippen LogP contribution in [0.2, 0.25) is 0 Å². The summed E-state index contributed by atoms with van der Waals surface area (Å²) in [6, 6.07) is 14.1. The number of aryl methyl sites for hydroxylation is 2. The highest BCUT2D eigenvalue weighted by Gasteiger charge is 2.05. The van der Waals surface area contributed by atoms with Crippen LogP contribution in [-0.4, -0.2) is 19.2 Å². The lowest BCUT2D eigenvalue weighted by molar-refractivity contribution is 0.252. The van der Waals surface area contributed by atoms with E-state index in [0.717, 1.165) is 29.8 Å². The van der Waals surface area contributed by atoms with Crippen LogP contribution in [0.3, 0.4) is 0 Å². The number of benzene rings is 2. The maximum atomic E-state index is 12.1. The molecule has 0 radical (unpaired) electrons. The lowest BCUT2D eigenvalue weighted by Crippen LogP contribution is -2.30. The summed E-state index contributed by atoms with van der Waals surface area (Å²) in [6.45, 7) is 7.45. The van der Waals surface area contributed by atoms with Gasteiger partial charge in [-0.2, -0.15) is 0 Å². The normalized spacial score (nSPS) is 10.4. The molecule has 0 aliphatic rings. The molecule has 0 atom stereocenters. The van der Waals surface area contributed by atoms with Crippen molar-refractivity contribution in [1.29, 1.82) is 0 Å². The Morgan fingerprint density at radius 2 is 1.73 bits per heavy atom. The Labute approximate surface area is 157 Å². The molecule has 0 aromatic heterocycles. The summed E-state index contributed by atoms with van der Waals surface area (Å²) in [6.07, 6.45) is 4.26. The molecule has 0 spiro atoms. The van der Waals surface area contributed by atoms with Crippen molar-refractivity contribution in [2.75, 3.05) is 18.5 Å². The number of nitrogens with one attached hydrogen (secondary N) is 2. The average molecular weight is 354 g/mol. The van der Waals surface area contributed by atoms with Crippen molar-refractivity contribution in [1.82, 2.24) is 5.32 Å². The minimum Gasteiger partial charge on any atom is -0.494 e. The lowest BCUT2D eigenvalue weighted by atomic mass is 10.0. The van der Waals surface area contributed by atoms with E-state index >= 15 is 0 Å². The molecule has 0 heterocycles. The summed E-state index contributed by atoms with van der Waals surface area (Å²) in [5, 5.41) is 5.85. The van der Waals surface area contributed by atoms with Crippen molar-refractivity contribution >= 4 is 11.7 Å². The first-order valence-corrected chi connectivity index (χ1v) is 9.48. The quantitative estimate of drug-likeness (QED) is 0.658. The Bertz CT molecular complexity index is 696. The molecule has 0 aliphatic carbocycles. The van der Waals surface area contributed by atoms with Gasteiger partial charge in [-0.05, 0) is 68.0 Å². The van der Waals surface area contributed by atoms with Crippen LogP contribution in [0, 0.1) is 6.92 Å². The number of urea groups is 1. The first-order chi connectivity index (χ1) is 12.6. The Morgan fingerprint density at radius 1 is 1.00 bits per heavy atom. The van der Waals surface area contributed by atoms with Crippen LogP contribution in [0.5, 0.6) is 5.75 Å². The van der Waals surface area contributed by atoms with Gasteiger partial charge in [0.25, 0.3) is 0 Å². The third kappa shape index (κ3) is 6.43. The highest BCUT2D eigenvalue weighted by Crippen LogP contribution is 2.18. The molecule has 0 saturated heterocycles. The van der Waals surface area contributed by atoms with Gasteiger partial charge in [0.1, 0.15) is 5.75 Å². The number of rotatable bonds is 9. The van der Waals surface area contributed by atoms with Crippen molar-refractivity contribution in [2.24, 2.45) is 0 Å². The predicted octanol–water partition coefficient (Wildman–Crippen LogP) is 5.10. The Balaban J connectivity index is 1.77. The van der Waals surface area contributed by atoms with E-state index in [2.05, 4.69) is 29.7 Å². The Kier molecular flexibility index (Phi) is 8.00. The van der Waals surface area contributed by atoms with E-state index in [4.69, 9.17) is 4.74 Å².